The lowest BCUT2D eigenvalue weighted by atomic mass is 9.78. The van der Waals surface area contributed by atoms with Crippen LogP contribution in [0.1, 0.15) is 56.8 Å². The van der Waals surface area contributed by atoms with E-state index in [1.165, 1.54) is 19.3 Å². The van der Waals surface area contributed by atoms with E-state index < -0.39 is 0 Å². The van der Waals surface area contributed by atoms with Gasteiger partial charge in [0.15, 0.2) is 0 Å². The lowest BCUT2D eigenvalue weighted by Gasteiger charge is -2.39. The van der Waals surface area contributed by atoms with Crippen molar-refractivity contribution >= 4 is 5.91 Å². The summed E-state index contributed by atoms with van der Waals surface area (Å²) < 4.78 is 0. The predicted molar refractivity (Wildman–Crippen MR) is 96.9 cm³/mol. The summed E-state index contributed by atoms with van der Waals surface area (Å²) in [6, 6.07) is 0. The minimum Gasteiger partial charge on any atom is -0.342 e. The number of hydrogen-bond donors (Lipinski definition) is 0. The van der Waals surface area contributed by atoms with Crippen LogP contribution in [0.4, 0.5) is 0 Å². The summed E-state index contributed by atoms with van der Waals surface area (Å²) in [6.45, 7) is 6.92. The summed E-state index contributed by atoms with van der Waals surface area (Å²) in [5.74, 6) is 2.15. The van der Waals surface area contributed by atoms with Crippen molar-refractivity contribution in [2.24, 2.45) is 11.3 Å². The molecular formula is C20H30N4O. The molecule has 0 aromatic carbocycles. The molecule has 4 rings (SSSR count). The maximum atomic E-state index is 13.1. The monoisotopic (exact) mass is 342 g/mol. The van der Waals surface area contributed by atoms with Crippen molar-refractivity contribution in [2.45, 2.75) is 58.4 Å². The van der Waals surface area contributed by atoms with Crippen LogP contribution in [0.25, 0.3) is 0 Å². The molecular weight excluding hydrogens is 312 g/mol. The Morgan fingerprint density at radius 1 is 1.20 bits per heavy atom. The van der Waals surface area contributed by atoms with Crippen molar-refractivity contribution in [2.75, 3.05) is 26.2 Å². The number of carbonyl (C=O) groups is 1. The van der Waals surface area contributed by atoms with Crippen LogP contribution in [-0.2, 0) is 17.8 Å². The van der Waals surface area contributed by atoms with Crippen molar-refractivity contribution in [1.29, 1.82) is 0 Å². The molecule has 0 N–H and O–H groups in total. The first-order valence-corrected chi connectivity index (χ1v) is 10.00. The standard InChI is InChI=1S/C20H30N4O/c1-2-4-18-21-11-17(12-22-18)13-23-10-8-20(15-23)7-3-9-24(19(20)25)14-16-5-6-16/h11-12,16H,2-10,13-15H2,1H3/t20-/m0/s1. The molecule has 3 aliphatic rings. The molecule has 1 amide bonds. The van der Waals surface area contributed by atoms with Crippen LogP contribution < -0.4 is 0 Å². The maximum absolute atomic E-state index is 13.1. The zero-order valence-corrected chi connectivity index (χ0v) is 15.4. The smallest absolute Gasteiger partial charge is 0.230 e. The van der Waals surface area contributed by atoms with Gasteiger partial charge >= 0.3 is 0 Å². The highest BCUT2D eigenvalue weighted by Gasteiger charge is 2.48. The molecule has 3 heterocycles. The average Bonchev–Trinajstić information content (AvgIpc) is 3.34. The molecule has 136 valence electrons. The minimum atomic E-state index is -0.115. The Hall–Kier alpha value is -1.49. The third-order valence-electron chi connectivity index (χ3n) is 6.07. The number of aryl methyl sites for hydroxylation is 1. The molecule has 1 atom stereocenters. The van der Waals surface area contributed by atoms with Gasteiger partial charge in [-0.05, 0) is 51.0 Å². The highest BCUT2D eigenvalue weighted by Crippen LogP contribution is 2.42. The molecule has 0 radical (unpaired) electrons. The van der Waals surface area contributed by atoms with E-state index >= 15 is 0 Å². The first-order chi connectivity index (χ1) is 12.2. The number of rotatable bonds is 6. The Kier molecular flexibility index (Phi) is 4.76. The number of amides is 1. The highest BCUT2D eigenvalue weighted by molar-refractivity contribution is 5.84. The van der Waals surface area contributed by atoms with E-state index in [9.17, 15) is 4.79 Å². The van der Waals surface area contributed by atoms with Crippen molar-refractivity contribution in [3.8, 4) is 0 Å². The fraction of sp³-hybridized carbons (Fsp3) is 0.750. The summed E-state index contributed by atoms with van der Waals surface area (Å²) in [7, 11) is 0. The summed E-state index contributed by atoms with van der Waals surface area (Å²) in [4.78, 5) is 26.6. The van der Waals surface area contributed by atoms with Crippen molar-refractivity contribution < 1.29 is 4.79 Å². The largest absolute Gasteiger partial charge is 0.342 e. The van der Waals surface area contributed by atoms with Crippen LogP contribution >= 0.6 is 0 Å². The SMILES string of the molecule is CCCc1ncc(CN2CC[C@@]3(CCCN(CC4CC4)C3=O)C2)cn1. The normalized spacial score (nSPS) is 27.4. The lowest BCUT2D eigenvalue weighted by molar-refractivity contribution is -0.145. The van der Waals surface area contributed by atoms with Crippen molar-refractivity contribution in [3.63, 3.8) is 0 Å². The van der Waals surface area contributed by atoms with Crippen LogP contribution in [-0.4, -0.2) is 51.9 Å². The van der Waals surface area contributed by atoms with Gasteiger partial charge < -0.3 is 4.90 Å². The van der Waals surface area contributed by atoms with Gasteiger partial charge in [-0.3, -0.25) is 9.69 Å². The Balaban J connectivity index is 1.37. The number of nitrogens with zero attached hydrogens (tertiary/aromatic N) is 4. The first-order valence-electron chi connectivity index (χ1n) is 10.00. The van der Waals surface area contributed by atoms with E-state index in [1.807, 2.05) is 12.4 Å². The number of piperidine rings is 1. The van der Waals surface area contributed by atoms with Gasteiger partial charge in [0.1, 0.15) is 5.82 Å². The molecule has 1 aliphatic carbocycles. The topological polar surface area (TPSA) is 49.3 Å². The van der Waals surface area contributed by atoms with E-state index in [2.05, 4.69) is 26.7 Å². The van der Waals surface area contributed by atoms with Crippen LogP contribution in [0.5, 0.6) is 0 Å². The Labute approximate surface area is 150 Å². The van der Waals surface area contributed by atoms with E-state index in [0.717, 1.165) is 75.7 Å². The van der Waals surface area contributed by atoms with E-state index in [-0.39, 0.29) is 5.41 Å². The van der Waals surface area contributed by atoms with Gasteiger partial charge in [-0.15, -0.1) is 0 Å². The summed E-state index contributed by atoms with van der Waals surface area (Å²) in [6.07, 6.45) is 11.8. The van der Waals surface area contributed by atoms with Gasteiger partial charge in [0.2, 0.25) is 5.91 Å². The molecule has 5 heteroatoms. The number of hydrogen-bond acceptors (Lipinski definition) is 4. The Morgan fingerprint density at radius 3 is 2.72 bits per heavy atom. The molecule has 25 heavy (non-hydrogen) atoms. The second-order valence-electron chi connectivity index (χ2n) is 8.30. The van der Waals surface area contributed by atoms with E-state index in [1.54, 1.807) is 0 Å². The van der Waals surface area contributed by atoms with Gasteiger partial charge in [-0.25, -0.2) is 9.97 Å². The zero-order chi connectivity index (χ0) is 17.3. The van der Waals surface area contributed by atoms with Crippen molar-refractivity contribution in [3.05, 3.63) is 23.8 Å². The molecule has 1 aromatic heterocycles. The van der Waals surface area contributed by atoms with Crippen molar-refractivity contribution in [1.82, 2.24) is 19.8 Å². The molecule has 0 unspecified atom stereocenters. The van der Waals surface area contributed by atoms with Crippen LogP contribution in [0, 0.1) is 11.3 Å². The number of likely N-dealkylation sites (tertiary alicyclic amines) is 2. The van der Waals surface area contributed by atoms with Crippen LogP contribution in [0.15, 0.2) is 12.4 Å². The molecule has 2 saturated heterocycles. The van der Waals surface area contributed by atoms with E-state index in [0.29, 0.717) is 5.91 Å². The van der Waals surface area contributed by atoms with Crippen LogP contribution in [0.3, 0.4) is 0 Å². The van der Waals surface area contributed by atoms with Gasteiger partial charge in [0.25, 0.3) is 0 Å². The average molecular weight is 342 g/mol. The number of carbonyl (C=O) groups excluding carboxylic acids is 1. The summed E-state index contributed by atoms with van der Waals surface area (Å²) >= 11 is 0. The predicted octanol–water partition coefficient (Wildman–Crippen LogP) is 2.65. The molecule has 5 nitrogen and oxygen atoms in total. The lowest BCUT2D eigenvalue weighted by Crippen LogP contribution is -2.50. The summed E-state index contributed by atoms with van der Waals surface area (Å²) in [5, 5.41) is 0. The first kappa shape index (κ1) is 17.0. The zero-order valence-electron chi connectivity index (χ0n) is 15.4. The third kappa shape index (κ3) is 3.71. The fourth-order valence-corrected chi connectivity index (χ4v) is 4.48. The highest BCUT2D eigenvalue weighted by atomic mass is 16.2. The van der Waals surface area contributed by atoms with Gasteiger partial charge in [-0.1, -0.05) is 6.92 Å². The van der Waals surface area contributed by atoms with E-state index in [4.69, 9.17) is 0 Å². The summed E-state index contributed by atoms with van der Waals surface area (Å²) in [5.41, 5.74) is 1.05. The molecule has 3 fully saturated rings. The number of aromatic nitrogens is 2. The Morgan fingerprint density at radius 2 is 2.00 bits per heavy atom. The molecule has 1 spiro atoms. The third-order valence-corrected chi connectivity index (χ3v) is 6.07. The fourth-order valence-electron chi connectivity index (χ4n) is 4.48. The maximum Gasteiger partial charge on any atom is 0.230 e. The molecule has 0 bridgehead atoms. The quantitative estimate of drug-likeness (QED) is 0.797. The molecule has 2 aliphatic heterocycles. The van der Waals surface area contributed by atoms with Gasteiger partial charge in [0, 0.05) is 50.6 Å². The second kappa shape index (κ2) is 7.02. The minimum absolute atomic E-state index is 0.115. The Bertz CT molecular complexity index is 613. The molecule has 1 aromatic rings. The molecule has 1 saturated carbocycles. The second-order valence-corrected chi connectivity index (χ2v) is 8.30. The van der Waals surface area contributed by atoms with Gasteiger partial charge in [0.05, 0.1) is 5.41 Å². The van der Waals surface area contributed by atoms with Crippen LogP contribution in [0.2, 0.25) is 0 Å². The van der Waals surface area contributed by atoms with Gasteiger partial charge in [-0.2, -0.15) is 0 Å².